The molecule has 1 saturated carbocycles. The summed E-state index contributed by atoms with van der Waals surface area (Å²) in [5, 5.41) is 35.3. The first-order valence-electron chi connectivity index (χ1n) is 16.0. The Bertz CT molecular complexity index is 1080. The minimum absolute atomic E-state index is 0.156. The fourth-order valence-corrected chi connectivity index (χ4v) is 7.61. The molecule has 238 valence electrons. The minimum Gasteiger partial charge on any atom is -0.461 e. The molecule has 1 fully saturated rings. The molecule has 0 amide bonds. The number of aliphatic hydroxyl groups is 3. The van der Waals surface area contributed by atoms with E-state index in [1.165, 1.54) is 19.3 Å². The zero-order chi connectivity index (χ0) is 31.5. The van der Waals surface area contributed by atoms with E-state index in [4.69, 9.17) is 9.47 Å². The van der Waals surface area contributed by atoms with E-state index in [-0.39, 0.29) is 43.2 Å². The van der Waals surface area contributed by atoms with E-state index in [1.54, 1.807) is 19.1 Å². The lowest BCUT2D eigenvalue weighted by Gasteiger charge is -2.48. The Kier molecular flexibility index (Phi) is 10.9. The van der Waals surface area contributed by atoms with Crippen LogP contribution in [-0.2, 0) is 23.9 Å². The Morgan fingerprint density at radius 1 is 0.929 bits per heavy atom. The van der Waals surface area contributed by atoms with Crippen LogP contribution in [-0.4, -0.2) is 63.1 Å². The molecule has 8 heteroatoms. The number of carbonyl (C=O) groups excluding carboxylic acids is 3. The van der Waals surface area contributed by atoms with Crippen LogP contribution in [0.2, 0.25) is 0 Å². The summed E-state index contributed by atoms with van der Waals surface area (Å²) in [6.07, 6.45) is 8.88. The van der Waals surface area contributed by atoms with Gasteiger partial charge in [-0.2, -0.15) is 0 Å². The maximum absolute atomic E-state index is 14.7. The summed E-state index contributed by atoms with van der Waals surface area (Å²) in [5.41, 5.74) is -5.45. The standard InChI is InChI=1S/C34H54O8/c1-8-10-11-12-13-14-15-17-27(36)42-32(7)20-23(4)33-19-22(3)28(37)34(33,40)29(38)24(21-41-26(35)16-9-2)18-25(30(33)39)31(32,5)6/h18-19,23,25,28-29,37-38,40H,8-17,20-21H2,1-7H3/t23-,25?,28?,29?,32-,33?,34?/m1/s1. The Morgan fingerprint density at radius 2 is 1.55 bits per heavy atom. The summed E-state index contributed by atoms with van der Waals surface area (Å²) < 4.78 is 11.7. The smallest absolute Gasteiger partial charge is 0.306 e. The first kappa shape index (κ1) is 34.5. The van der Waals surface area contributed by atoms with Crippen LogP contribution in [0.25, 0.3) is 0 Å². The summed E-state index contributed by atoms with van der Waals surface area (Å²) in [4.78, 5) is 40.2. The third-order valence-corrected chi connectivity index (χ3v) is 10.6. The topological polar surface area (TPSA) is 130 Å². The second kappa shape index (κ2) is 13.3. The zero-order valence-electron chi connectivity index (χ0n) is 26.8. The molecule has 0 aromatic carbocycles. The number of ether oxygens (including phenoxy) is 2. The Morgan fingerprint density at radius 3 is 2.17 bits per heavy atom. The first-order valence-corrected chi connectivity index (χ1v) is 16.0. The quantitative estimate of drug-likeness (QED) is 0.148. The molecule has 8 nitrogen and oxygen atoms in total. The van der Waals surface area contributed by atoms with Gasteiger partial charge in [-0.3, -0.25) is 14.4 Å². The molecule has 0 aromatic rings. The summed E-state index contributed by atoms with van der Waals surface area (Å²) in [6.45, 7) is 12.7. The Labute approximate surface area is 251 Å². The summed E-state index contributed by atoms with van der Waals surface area (Å²) in [5.74, 6) is -2.64. The van der Waals surface area contributed by atoms with Gasteiger partial charge in [0.15, 0.2) is 5.78 Å². The fourth-order valence-electron chi connectivity index (χ4n) is 7.61. The molecule has 0 radical (unpaired) electrons. The van der Waals surface area contributed by atoms with Gasteiger partial charge in [-0.05, 0) is 50.2 Å². The van der Waals surface area contributed by atoms with Gasteiger partial charge in [0.1, 0.15) is 30.0 Å². The number of hydrogen-bond acceptors (Lipinski definition) is 8. The van der Waals surface area contributed by atoms with Crippen molar-refractivity contribution in [2.45, 2.75) is 143 Å². The third-order valence-electron chi connectivity index (χ3n) is 10.6. The fraction of sp³-hybridized carbons (Fsp3) is 0.794. The molecule has 42 heavy (non-hydrogen) atoms. The van der Waals surface area contributed by atoms with Gasteiger partial charge in [0.25, 0.3) is 0 Å². The molecule has 0 heterocycles. The average Bonchev–Trinajstić information content (AvgIpc) is 3.07. The second-order valence-electron chi connectivity index (χ2n) is 13.8. The molecule has 0 aliphatic heterocycles. The molecule has 3 N–H and O–H groups in total. The molecular formula is C34H54O8. The molecule has 0 saturated heterocycles. The van der Waals surface area contributed by atoms with Crippen molar-refractivity contribution in [1.29, 1.82) is 0 Å². The van der Waals surface area contributed by atoms with Crippen LogP contribution in [0, 0.1) is 22.7 Å². The summed E-state index contributed by atoms with van der Waals surface area (Å²) in [6, 6.07) is 0. The normalized spacial score (nSPS) is 35.4. The van der Waals surface area contributed by atoms with Crippen molar-refractivity contribution < 1.29 is 39.2 Å². The van der Waals surface area contributed by atoms with Crippen LogP contribution in [0.15, 0.2) is 23.3 Å². The lowest BCUT2D eigenvalue weighted by molar-refractivity contribution is -0.192. The molecule has 3 aliphatic rings. The Hall–Kier alpha value is -2.03. The van der Waals surface area contributed by atoms with E-state index < -0.39 is 52.0 Å². The maximum atomic E-state index is 14.7. The van der Waals surface area contributed by atoms with Crippen molar-refractivity contribution >= 4 is 17.7 Å². The summed E-state index contributed by atoms with van der Waals surface area (Å²) in [7, 11) is 0. The van der Waals surface area contributed by atoms with E-state index >= 15 is 0 Å². The lowest BCUT2D eigenvalue weighted by atomic mass is 9.59. The number of fused-ring (bicyclic) bond motifs is 1. The van der Waals surface area contributed by atoms with Gasteiger partial charge in [-0.1, -0.05) is 85.3 Å². The van der Waals surface area contributed by atoms with Gasteiger partial charge in [0, 0.05) is 24.2 Å². The van der Waals surface area contributed by atoms with Crippen LogP contribution < -0.4 is 0 Å². The number of hydrogen-bond donors (Lipinski definition) is 3. The third kappa shape index (κ3) is 5.88. The van der Waals surface area contributed by atoms with Gasteiger partial charge in [0.2, 0.25) is 0 Å². The van der Waals surface area contributed by atoms with E-state index in [1.807, 2.05) is 34.6 Å². The number of aliphatic hydroxyl groups excluding tert-OH is 2. The van der Waals surface area contributed by atoms with Gasteiger partial charge in [-0.15, -0.1) is 0 Å². The molecule has 2 bridgehead atoms. The highest BCUT2D eigenvalue weighted by Crippen LogP contribution is 2.63. The number of rotatable bonds is 13. The van der Waals surface area contributed by atoms with Crippen molar-refractivity contribution in [2.75, 3.05) is 6.61 Å². The molecule has 5 unspecified atom stereocenters. The number of esters is 2. The highest BCUT2D eigenvalue weighted by Gasteiger charge is 2.73. The predicted molar refractivity (Wildman–Crippen MR) is 160 cm³/mol. The molecule has 1 spiro atoms. The minimum atomic E-state index is -2.28. The molecule has 0 aromatic heterocycles. The SMILES string of the molecule is CCCCCCCCCC(=O)O[C@]1(C)C[C@@H](C)C23C=C(C)C(O)C2(O)C(O)C(COC(=O)CCC)=CC(C3=O)C1(C)C. The van der Waals surface area contributed by atoms with Crippen LogP contribution in [0.1, 0.15) is 119 Å². The maximum Gasteiger partial charge on any atom is 0.306 e. The largest absolute Gasteiger partial charge is 0.461 e. The molecule has 3 rings (SSSR count). The van der Waals surface area contributed by atoms with Crippen LogP contribution in [0.3, 0.4) is 0 Å². The van der Waals surface area contributed by atoms with E-state index in [0.29, 0.717) is 12.0 Å². The van der Waals surface area contributed by atoms with Gasteiger partial charge in [-0.25, -0.2) is 0 Å². The Balaban J connectivity index is 1.99. The highest BCUT2D eigenvalue weighted by atomic mass is 16.6. The second-order valence-corrected chi connectivity index (χ2v) is 13.8. The van der Waals surface area contributed by atoms with Gasteiger partial charge in [0.05, 0.1) is 5.41 Å². The van der Waals surface area contributed by atoms with Crippen LogP contribution in [0.4, 0.5) is 0 Å². The number of ketones is 1. The van der Waals surface area contributed by atoms with Crippen molar-refractivity contribution in [3.8, 4) is 0 Å². The van der Waals surface area contributed by atoms with Crippen molar-refractivity contribution in [1.82, 2.24) is 0 Å². The summed E-state index contributed by atoms with van der Waals surface area (Å²) >= 11 is 0. The molecular weight excluding hydrogens is 536 g/mol. The molecule has 7 atom stereocenters. The van der Waals surface area contributed by atoms with E-state index in [9.17, 15) is 29.7 Å². The van der Waals surface area contributed by atoms with Gasteiger partial charge >= 0.3 is 11.9 Å². The van der Waals surface area contributed by atoms with Gasteiger partial charge < -0.3 is 24.8 Å². The first-order chi connectivity index (χ1) is 19.6. The number of Topliss-reactive ketones (excluding diaryl/α,β-unsaturated/α-hetero) is 1. The van der Waals surface area contributed by atoms with E-state index in [0.717, 1.165) is 25.7 Å². The van der Waals surface area contributed by atoms with Crippen molar-refractivity contribution in [2.24, 2.45) is 22.7 Å². The average molecular weight is 591 g/mol. The highest BCUT2D eigenvalue weighted by molar-refractivity contribution is 5.95. The zero-order valence-corrected chi connectivity index (χ0v) is 26.8. The lowest BCUT2D eigenvalue weighted by Crippen LogP contribution is -2.65. The van der Waals surface area contributed by atoms with Crippen LogP contribution >= 0.6 is 0 Å². The number of carbonyl (C=O) groups is 3. The number of unbranched alkanes of at least 4 members (excludes halogenated alkanes) is 6. The van der Waals surface area contributed by atoms with Crippen molar-refractivity contribution in [3.05, 3.63) is 23.3 Å². The van der Waals surface area contributed by atoms with Crippen LogP contribution in [0.5, 0.6) is 0 Å². The molecule has 3 aliphatic carbocycles. The number of allylic oxidation sites excluding steroid dienone is 1. The van der Waals surface area contributed by atoms with Crippen molar-refractivity contribution in [3.63, 3.8) is 0 Å². The van der Waals surface area contributed by atoms with E-state index in [2.05, 4.69) is 6.92 Å². The monoisotopic (exact) mass is 590 g/mol. The predicted octanol–water partition coefficient (Wildman–Crippen LogP) is 5.36.